The molecule has 0 saturated heterocycles. The summed E-state index contributed by atoms with van der Waals surface area (Å²) in [6.07, 6.45) is 3.20. The Balaban J connectivity index is 2.31. The van der Waals surface area contributed by atoms with E-state index in [9.17, 15) is 0 Å². The summed E-state index contributed by atoms with van der Waals surface area (Å²) in [6.45, 7) is 0.524. The molecule has 0 radical (unpaired) electrons. The molecule has 1 unspecified atom stereocenters. The molecule has 0 fully saturated rings. The number of aromatic nitrogens is 3. The lowest BCUT2D eigenvalue weighted by molar-refractivity contribution is 0.538. The summed E-state index contributed by atoms with van der Waals surface area (Å²) in [4.78, 5) is 5.10. The lowest BCUT2D eigenvalue weighted by Gasteiger charge is -2.12. The molecule has 0 amide bonds. The van der Waals surface area contributed by atoms with Gasteiger partial charge in [0.15, 0.2) is 0 Å². The van der Waals surface area contributed by atoms with Gasteiger partial charge in [0.25, 0.3) is 0 Å². The van der Waals surface area contributed by atoms with E-state index in [4.69, 9.17) is 5.73 Å². The Morgan fingerprint density at radius 3 is 2.93 bits per heavy atom. The Bertz CT molecular complexity index is 397. The zero-order valence-electron chi connectivity index (χ0n) is 7.30. The van der Waals surface area contributed by atoms with Crippen molar-refractivity contribution in [3.05, 3.63) is 33.5 Å². The highest BCUT2D eigenvalue weighted by molar-refractivity contribution is 9.11. The van der Waals surface area contributed by atoms with E-state index < -0.39 is 0 Å². The molecule has 4 nitrogen and oxygen atoms in total. The van der Waals surface area contributed by atoms with Crippen LogP contribution in [-0.2, 0) is 0 Å². The number of halogens is 1. The zero-order chi connectivity index (χ0) is 9.97. The lowest BCUT2D eigenvalue weighted by Crippen LogP contribution is -2.19. The van der Waals surface area contributed by atoms with E-state index in [0.717, 1.165) is 3.79 Å². The maximum absolute atomic E-state index is 5.71. The number of hydrogen-bond acceptors (Lipinski definition) is 4. The molecule has 0 bridgehead atoms. The summed E-state index contributed by atoms with van der Waals surface area (Å²) in [5.74, 6) is 0. The molecule has 6 heteroatoms. The van der Waals surface area contributed by atoms with E-state index in [1.165, 1.54) is 11.2 Å². The molecular formula is C8H9BrN4S. The molecule has 2 aromatic heterocycles. The van der Waals surface area contributed by atoms with E-state index in [1.54, 1.807) is 22.3 Å². The maximum atomic E-state index is 5.71. The second kappa shape index (κ2) is 4.20. The van der Waals surface area contributed by atoms with Crippen molar-refractivity contribution in [1.82, 2.24) is 14.8 Å². The molecule has 0 spiro atoms. The summed E-state index contributed by atoms with van der Waals surface area (Å²) in [6, 6.07) is 4.15. The minimum atomic E-state index is 0.0915. The first kappa shape index (κ1) is 9.82. The van der Waals surface area contributed by atoms with Gasteiger partial charge in [0, 0.05) is 11.4 Å². The first-order valence-electron chi connectivity index (χ1n) is 4.10. The second-order valence-electron chi connectivity index (χ2n) is 2.77. The third kappa shape index (κ3) is 1.87. The summed E-state index contributed by atoms with van der Waals surface area (Å²) in [7, 11) is 0. The number of nitrogens with zero attached hydrogens (tertiary/aromatic N) is 3. The molecule has 2 rings (SSSR count). The van der Waals surface area contributed by atoms with Crippen LogP contribution in [0, 0.1) is 0 Å². The van der Waals surface area contributed by atoms with Gasteiger partial charge in [-0.3, -0.25) is 0 Å². The maximum Gasteiger partial charge on any atom is 0.137 e. The molecule has 74 valence electrons. The zero-order valence-corrected chi connectivity index (χ0v) is 9.70. The molecule has 14 heavy (non-hydrogen) atoms. The van der Waals surface area contributed by atoms with Crippen molar-refractivity contribution >= 4 is 27.3 Å². The highest BCUT2D eigenvalue weighted by Gasteiger charge is 2.14. The van der Waals surface area contributed by atoms with Crippen molar-refractivity contribution in [2.75, 3.05) is 6.54 Å². The van der Waals surface area contributed by atoms with Crippen LogP contribution in [0.25, 0.3) is 0 Å². The summed E-state index contributed by atoms with van der Waals surface area (Å²) in [5.41, 5.74) is 5.71. The van der Waals surface area contributed by atoms with Gasteiger partial charge in [0.05, 0.1) is 3.79 Å². The van der Waals surface area contributed by atoms with Crippen LogP contribution in [-0.4, -0.2) is 21.3 Å². The fraction of sp³-hybridized carbons (Fsp3) is 0.250. The van der Waals surface area contributed by atoms with E-state index >= 15 is 0 Å². The van der Waals surface area contributed by atoms with Gasteiger partial charge in [-0.2, -0.15) is 5.10 Å². The fourth-order valence-corrected chi connectivity index (χ4v) is 2.77. The Hall–Kier alpha value is -0.720. The first-order chi connectivity index (χ1) is 6.81. The summed E-state index contributed by atoms with van der Waals surface area (Å²) >= 11 is 5.09. The van der Waals surface area contributed by atoms with Gasteiger partial charge in [-0.15, -0.1) is 11.3 Å². The first-order valence-corrected chi connectivity index (χ1v) is 5.71. The Labute approximate surface area is 93.9 Å². The predicted octanol–water partition coefficient (Wildman–Crippen LogP) is 1.65. The highest BCUT2D eigenvalue weighted by Crippen LogP contribution is 2.28. The Kier molecular flexibility index (Phi) is 2.95. The second-order valence-corrected chi connectivity index (χ2v) is 5.26. The van der Waals surface area contributed by atoms with Gasteiger partial charge in [-0.05, 0) is 28.1 Å². The van der Waals surface area contributed by atoms with Crippen LogP contribution in [0.4, 0.5) is 0 Å². The van der Waals surface area contributed by atoms with Gasteiger partial charge in [-0.25, -0.2) is 9.67 Å². The summed E-state index contributed by atoms with van der Waals surface area (Å²) in [5, 5.41) is 4.09. The quantitative estimate of drug-likeness (QED) is 0.925. The van der Waals surface area contributed by atoms with E-state index in [-0.39, 0.29) is 6.04 Å². The Morgan fingerprint density at radius 2 is 2.43 bits per heavy atom. The van der Waals surface area contributed by atoms with Crippen molar-refractivity contribution in [1.29, 1.82) is 0 Å². The van der Waals surface area contributed by atoms with Crippen LogP contribution in [0.5, 0.6) is 0 Å². The minimum Gasteiger partial charge on any atom is -0.328 e. The van der Waals surface area contributed by atoms with Crippen LogP contribution in [0.1, 0.15) is 10.9 Å². The van der Waals surface area contributed by atoms with E-state index in [1.807, 2.05) is 12.1 Å². The van der Waals surface area contributed by atoms with Crippen molar-refractivity contribution < 1.29 is 0 Å². The smallest absolute Gasteiger partial charge is 0.137 e. The highest BCUT2D eigenvalue weighted by atomic mass is 79.9. The molecule has 0 aliphatic heterocycles. The fourth-order valence-electron chi connectivity index (χ4n) is 1.24. The molecule has 0 saturated carbocycles. The third-order valence-electron chi connectivity index (χ3n) is 1.90. The van der Waals surface area contributed by atoms with E-state index in [2.05, 4.69) is 26.0 Å². The third-order valence-corrected chi connectivity index (χ3v) is 3.63. The van der Waals surface area contributed by atoms with Crippen LogP contribution in [0.15, 0.2) is 28.6 Å². The van der Waals surface area contributed by atoms with Gasteiger partial charge < -0.3 is 5.73 Å². The summed E-state index contributed by atoms with van der Waals surface area (Å²) < 4.78 is 2.88. The molecule has 0 aromatic carbocycles. The van der Waals surface area contributed by atoms with Crippen molar-refractivity contribution in [2.24, 2.45) is 5.73 Å². The molecule has 1 atom stereocenters. The number of rotatable bonds is 3. The van der Waals surface area contributed by atoms with Crippen LogP contribution >= 0.6 is 27.3 Å². The standard InChI is InChI=1S/C8H9BrN4S/c9-8-2-1-7(14-8)6(3-10)13-5-11-4-12-13/h1-2,4-6H,3,10H2. The molecule has 0 aliphatic carbocycles. The van der Waals surface area contributed by atoms with E-state index in [0.29, 0.717) is 6.54 Å². The van der Waals surface area contributed by atoms with Gasteiger partial charge >= 0.3 is 0 Å². The van der Waals surface area contributed by atoms with Gasteiger partial charge in [0.2, 0.25) is 0 Å². The lowest BCUT2D eigenvalue weighted by atomic mass is 10.2. The molecule has 0 aliphatic rings. The average molecular weight is 273 g/mol. The monoisotopic (exact) mass is 272 g/mol. The largest absolute Gasteiger partial charge is 0.328 e. The molecule has 2 N–H and O–H groups in total. The Morgan fingerprint density at radius 1 is 1.57 bits per heavy atom. The van der Waals surface area contributed by atoms with Gasteiger partial charge in [-0.1, -0.05) is 0 Å². The van der Waals surface area contributed by atoms with Crippen LogP contribution in [0.3, 0.4) is 0 Å². The number of hydrogen-bond donors (Lipinski definition) is 1. The van der Waals surface area contributed by atoms with Crippen molar-refractivity contribution in [3.63, 3.8) is 0 Å². The molecule has 2 aromatic rings. The van der Waals surface area contributed by atoms with Crippen molar-refractivity contribution in [2.45, 2.75) is 6.04 Å². The molecule has 2 heterocycles. The van der Waals surface area contributed by atoms with Crippen molar-refractivity contribution in [3.8, 4) is 0 Å². The van der Waals surface area contributed by atoms with Crippen LogP contribution in [0.2, 0.25) is 0 Å². The normalized spacial score (nSPS) is 13.0. The predicted molar refractivity (Wildman–Crippen MR) is 59.2 cm³/mol. The van der Waals surface area contributed by atoms with Gasteiger partial charge in [0.1, 0.15) is 18.7 Å². The number of thiophene rings is 1. The van der Waals surface area contributed by atoms with Crippen LogP contribution < -0.4 is 5.73 Å². The average Bonchev–Trinajstić information content (AvgIpc) is 2.79. The number of nitrogens with two attached hydrogens (primary N) is 1. The SMILES string of the molecule is NCC(c1ccc(Br)s1)n1cncn1. The molecular weight excluding hydrogens is 264 g/mol. The minimum absolute atomic E-state index is 0.0915. The topological polar surface area (TPSA) is 56.7 Å².